The highest BCUT2D eigenvalue weighted by atomic mass is 16.6. The number of hydrogen-bond acceptors (Lipinski definition) is 5. The van der Waals surface area contributed by atoms with E-state index < -0.39 is 16.6 Å². The first-order valence-corrected chi connectivity index (χ1v) is 5.42. The van der Waals surface area contributed by atoms with Gasteiger partial charge in [-0.2, -0.15) is 0 Å². The fourth-order valence-corrected chi connectivity index (χ4v) is 1.24. The summed E-state index contributed by atoms with van der Waals surface area (Å²) >= 11 is 0. The number of carbonyl (C=O) groups is 1. The number of amides is 1. The maximum atomic E-state index is 11.3. The van der Waals surface area contributed by atoms with Gasteiger partial charge in [-0.3, -0.25) is 0 Å². The molecule has 100 valence electrons. The lowest BCUT2D eigenvalue weighted by Gasteiger charge is -2.19. The highest BCUT2D eigenvalue weighted by Crippen LogP contribution is 2.07. The van der Waals surface area contributed by atoms with E-state index in [9.17, 15) is 14.9 Å². The van der Waals surface area contributed by atoms with Crippen molar-refractivity contribution >= 4 is 12.0 Å². The molecule has 0 unspecified atom stereocenters. The quantitative estimate of drug-likeness (QED) is 0.646. The van der Waals surface area contributed by atoms with Gasteiger partial charge < -0.3 is 20.2 Å². The Labute approximate surface area is 104 Å². The Bertz CT molecular complexity index is 435. The minimum Gasteiger partial charge on any atom is -0.444 e. The van der Waals surface area contributed by atoms with Gasteiger partial charge in [-0.15, -0.1) is 0 Å². The lowest BCUT2D eigenvalue weighted by Crippen LogP contribution is -2.34. The molecule has 8 heteroatoms. The zero-order valence-corrected chi connectivity index (χ0v) is 10.5. The summed E-state index contributed by atoms with van der Waals surface area (Å²) in [5.41, 5.74) is -0.564. The van der Waals surface area contributed by atoms with Crippen LogP contribution in [0.15, 0.2) is 12.4 Å². The molecule has 0 saturated carbocycles. The van der Waals surface area contributed by atoms with E-state index in [0.29, 0.717) is 0 Å². The first kappa shape index (κ1) is 13.9. The molecule has 1 N–H and O–H groups in total. The molecule has 1 aromatic rings. The number of hydrogen-bond donors (Lipinski definition) is 1. The molecule has 1 rings (SSSR count). The smallest absolute Gasteiger partial charge is 0.434 e. The summed E-state index contributed by atoms with van der Waals surface area (Å²) in [5, 5.41) is 13.1. The molecule has 0 aliphatic rings. The fourth-order valence-electron chi connectivity index (χ4n) is 1.24. The second kappa shape index (κ2) is 5.48. The molecular formula is C10H16N4O4. The summed E-state index contributed by atoms with van der Waals surface area (Å²) in [6, 6.07) is 0. The standard InChI is InChI=1S/C10H16N4O4/c1-10(2,3)18-9(15)12-5-7-13-6-4-11-8(13)14(16)17/h4,6H,5,7H2,1-3H3,(H,12,15). The molecule has 18 heavy (non-hydrogen) atoms. The molecule has 1 amide bonds. The molecule has 0 aliphatic heterocycles. The molecule has 0 bridgehead atoms. The highest BCUT2D eigenvalue weighted by Gasteiger charge is 2.17. The molecule has 0 spiro atoms. The van der Waals surface area contributed by atoms with Crippen molar-refractivity contribution in [1.82, 2.24) is 14.9 Å². The second-order valence-corrected chi connectivity index (χ2v) is 4.61. The van der Waals surface area contributed by atoms with Gasteiger partial charge in [0.2, 0.25) is 0 Å². The van der Waals surface area contributed by atoms with Gasteiger partial charge >= 0.3 is 12.0 Å². The van der Waals surface area contributed by atoms with Crippen LogP contribution in [0.2, 0.25) is 0 Å². The second-order valence-electron chi connectivity index (χ2n) is 4.61. The van der Waals surface area contributed by atoms with Crippen molar-refractivity contribution in [1.29, 1.82) is 0 Å². The summed E-state index contributed by atoms with van der Waals surface area (Å²) < 4.78 is 6.37. The van der Waals surface area contributed by atoms with Crippen LogP contribution in [0.3, 0.4) is 0 Å². The third-order valence-corrected chi connectivity index (χ3v) is 1.88. The lowest BCUT2D eigenvalue weighted by atomic mass is 10.2. The lowest BCUT2D eigenvalue weighted by molar-refractivity contribution is -0.396. The Morgan fingerprint density at radius 1 is 1.61 bits per heavy atom. The molecular weight excluding hydrogens is 240 g/mol. The molecule has 0 atom stereocenters. The van der Waals surface area contributed by atoms with E-state index in [1.165, 1.54) is 17.0 Å². The minimum atomic E-state index is -0.576. The van der Waals surface area contributed by atoms with Gasteiger partial charge in [-0.25, -0.2) is 9.36 Å². The first-order valence-electron chi connectivity index (χ1n) is 5.42. The van der Waals surface area contributed by atoms with E-state index in [4.69, 9.17) is 4.74 Å². The van der Waals surface area contributed by atoms with Gasteiger partial charge in [0.1, 0.15) is 18.0 Å². The van der Waals surface area contributed by atoms with E-state index in [2.05, 4.69) is 10.3 Å². The summed E-state index contributed by atoms with van der Waals surface area (Å²) in [6.07, 6.45) is 2.27. The number of nitro groups is 1. The molecule has 0 aliphatic carbocycles. The maximum absolute atomic E-state index is 11.3. The van der Waals surface area contributed by atoms with Gasteiger partial charge in [0.05, 0.1) is 13.1 Å². The number of ether oxygens (including phenoxy) is 1. The molecule has 0 radical (unpaired) electrons. The summed E-state index contributed by atoms with van der Waals surface area (Å²) in [4.78, 5) is 24.9. The monoisotopic (exact) mass is 256 g/mol. The molecule has 0 fully saturated rings. The Hall–Kier alpha value is -2.12. The van der Waals surface area contributed by atoms with Crippen molar-refractivity contribution in [2.75, 3.05) is 6.54 Å². The van der Waals surface area contributed by atoms with Crippen LogP contribution in [-0.4, -0.2) is 32.7 Å². The average molecular weight is 256 g/mol. The fraction of sp³-hybridized carbons (Fsp3) is 0.600. The van der Waals surface area contributed by atoms with Crippen molar-refractivity contribution in [3.05, 3.63) is 22.5 Å². The predicted octanol–water partition coefficient (Wildman–Crippen LogP) is 1.32. The van der Waals surface area contributed by atoms with Crippen LogP contribution in [0.5, 0.6) is 0 Å². The van der Waals surface area contributed by atoms with Gasteiger partial charge in [0, 0.05) is 0 Å². The van der Waals surface area contributed by atoms with E-state index >= 15 is 0 Å². The topological polar surface area (TPSA) is 99.3 Å². The van der Waals surface area contributed by atoms with Crippen LogP contribution in [0.4, 0.5) is 10.7 Å². The maximum Gasteiger partial charge on any atom is 0.434 e. The Morgan fingerprint density at radius 3 is 2.83 bits per heavy atom. The number of nitrogens with zero attached hydrogens (tertiary/aromatic N) is 3. The van der Waals surface area contributed by atoms with Crippen LogP contribution < -0.4 is 5.32 Å². The van der Waals surface area contributed by atoms with Crippen LogP contribution in [0.1, 0.15) is 20.8 Å². The van der Waals surface area contributed by atoms with Crippen molar-refractivity contribution in [2.45, 2.75) is 32.9 Å². The van der Waals surface area contributed by atoms with E-state index in [1.54, 1.807) is 20.8 Å². The molecule has 0 aromatic carbocycles. The zero-order chi connectivity index (χ0) is 13.8. The van der Waals surface area contributed by atoms with Gasteiger partial charge in [-0.05, 0) is 25.7 Å². The highest BCUT2D eigenvalue weighted by molar-refractivity contribution is 5.67. The minimum absolute atomic E-state index is 0.228. The third-order valence-electron chi connectivity index (χ3n) is 1.88. The Balaban J connectivity index is 2.40. The number of carbonyl (C=O) groups excluding carboxylic acids is 1. The van der Waals surface area contributed by atoms with Crippen LogP contribution >= 0.6 is 0 Å². The van der Waals surface area contributed by atoms with Crippen molar-refractivity contribution in [2.24, 2.45) is 0 Å². The third kappa shape index (κ3) is 4.40. The largest absolute Gasteiger partial charge is 0.444 e. The van der Waals surface area contributed by atoms with Gasteiger partial charge in [0.15, 0.2) is 0 Å². The summed E-state index contributed by atoms with van der Waals surface area (Å²) in [6.45, 7) is 5.76. The predicted molar refractivity (Wildman–Crippen MR) is 63.1 cm³/mol. The van der Waals surface area contributed by atoms with Crippen molar-refractivity contribution in [3.8, 4) is 0 Å². The van der Waals surface area contributed by atoms with Gasteiger partial charge in [0.25, 0.3) is 0 Å². The molecule has 1 aromatic heterocycles. The van der Waals surface area contributed by atoms with E-state index in [1.807, 2.05) is 0 Å². The number of alkyl carbamates (subject to hydrolysis) is 1. The molecule has 8 nitrogen and oxygen atoms in total. The number of imidazole rings is 1. The van der Waals surface area contributed by atoms with Crippen molar-refractivity contribution in [3.63, 3.8) is 0 Å². The number of aromatic nitrogens is 2. The Kier molecular flexibility index (Phi) is 4.24. The molecule has 1 heterocycles. The summed E-state index contributed by atoms with van der Waals surface area (Å²) in [5.74, 6) is -0.249. The van der Waals surface area contributed by atoms with Crippen LogP contribution in [-0.2, 0) is 11.3 Å². The van der Waals surface area contributed by atoms with E-state index in [0.717, 1.165) is 0 Å². The summed E-state index contributed by atoms with van der Waals surface area (Å²) in [7, 11) is 0. The van der Waals surface area contributed by atoms with E-state index in [-0.39, 0.29) is 19.0 Å². The SMILES string of the molecule is CC(C)(C)OC(=O)NCCn1ccnc1[N+](=O)[O-]. The Morgan fingerprint density at radius 2 is 2.28 bits per heavy atom. The average Bonchev–Trinajstić information content (AvgIpc) is 2.62. The zero-order valence-electron chi connectivity index (χ0n) is 10.5. The van der Waals surface area contributed by atoms with Gasteiger partial charge in [-0.1, -0.05) is 4.98 Å². The first-order chi connectivity index (χ1) is 8.29. The normalized spacial score (nSPS) is 11.1. The van der Waals surface area contributed by atoms with Crippen molar-refractivity contribution < 1.29 is 14.5 Å². The molecule has 0 saturated heterocycles. The van der Waals surface area contributed by atoms with Crippen LogP contribution in [0, 0.1) is 10.1 Å². The number of nitrogens with one attached hydrogen (secondary N) is 1. The van der Waals surface area contributed by atoms with Crippen LogP contribution in [0.25, 0.3) is 0 Å². The number of rotatable bonds is 4.